The van der Waals surface area contributed by atoms with Crippen molar-refractivity contribution in [1.29, 1.82) is 0 Å². The summed E-state index contributed by atoms with van der Waals surface area (Å²) in [6, 6.07) is -0.312. The molecule has 2 atom stereocenters. The minimum atomic E-state index is -3.03. The van der Waals surface area contributed by atoms with Gasteiger partial charge in [-0.25, -0.2) is 13.4 Å². The molecule has 0 radical (unpaired) electrons. The number of nitrogens with two attached hydrogens (primary N) is 1. The predicted octanol–water partition coefficient (Wildman–Crippen LogP) is 0.383. The van der Waals surface area contributed by atoms with Crippen molar-refractivity contribution in [3.8, 4) is 0 Å². The fourth-order valence-corrected chi connectivity index (χ4v) is 4.53. The Labute approximate surface area is 120 Å². The molecule has 2 N–H and O–H groups in total. The first-order valence-corrected chi connectivity index (χ1v) is 8.80. The highest BCUT2D eigenvalue weighted by Crippen LogP contribution is 2.33. The zero-order valence-electron chi connectivity index (χ0n) is 12.3. The zero-order chi connectivity index (χ0) is 15.1. The average molecular weight is 301 g/mol. The molecule has 1 amide bonds. The molecule has 2 aliphatic rings. The summed E-state index contributed by atoms with van der Waals surface area (Å²) in [4.78, 5) is 12.5. The van der Waals surface area contributed by atoms with Crippen LogP contribution in [-0.2, 0) is 14.6 Å². The smallest absolute Gasteiger partial charge is 0.251 e. The summed E-state index contributed by atoms with van der Waals surface area (Å²) in [5.74, 6) is -0.232. The van der Waals surface area contributed by atoms with Gasteiger partial charge in [-0.05, 0) is 19.4 Å². The maximum absolute atomic E-state index is 12.5. The molecular weight excluding hydrogens is 278 g/mol. The molecule has 2 heterocycles. The van der Waals surface area contributed by atoms with Crippen LogP contribution in [0.1, 0.15) is 33.6 Å². The summed E-state index contributed by atoms with van der Waals surface area (Å²) in [5, 5.41) is 5.88. The maximum atomic E-state index is 12.5. The van der Waals surface area contributed by atoms with E-state index >= 15 is 0 Å². The van der Waals surface area contributed by atoms with Gasteiger partial charge in [-0.2, -0.15) is 5.10 Å². The molecule has 2 aliphatic heterocycles. The van der Waals surface area contributed by atoms with E-state index < -0.39 is 9.84 Å². The normalized spacial score (nSPS) is 29.9. The highest BCUT2D eigenvalue weighted by Gasteiger charge is 2.45. The van der Waals surface area contributed by atoms with Crippen LogP contribution < -0.4 is 5.73 Å². The minimum Gasteiger partial charge on any atom is -0.330 e. The van der Waals surface area contributed by atoms with Crippen molar-refractivity contribution in [3.63, 3.8) is 0 Å². The third-order valence-corrected chi connectivity index (χ3v) is 5.60. The van der Waals surface area contributed by atoms with Gasteiger partial charge in [0.2, 0.25) is 0 Å². The molecule has 0 aromatic carbocycles. The molecule has 114 valence electrons. The molecule has 0 saturated carbocycles. The highest BCUT2D eigenvalue weighted by atomic mass is 32.2. The Kier molecular flexibility index (Phi) is 3.94. The van der Waals surface area contributed by atoms with E-state index in [1.807, 2.05) is 20.8 Å². The number of nitrogens with zero attached hydrogens (tertiary/aromatic N) is 2. The van der Waals surface area contributed by atoms with Crippen molar-refractivity contribution in [2.45, 2.75) is 39.7 Å². The molecule has 0 aromatic rings. The monoisotopic (exact) mass is 301 g/mol. The minimum absolute atomic E-state index is 0.0228. The predicted molar refractivity (Wildman–Crippen MR) is 78.0 cm³/mol. The Balaban J connectivity index is 2.27. The van der Waals surface area contributed by atoms with E-state index in [4.69, 9.17) is 5.73 Å². The van der Waals surface area contributed by atoms with Crippen LogP contribution in [0.4, 0.5) is 0 Å². The van der Waals surface area contributed by atoms with E-state index in [0.717, 1.165) is 5.71 Å². The van der Waals surface area contributed by atoms with E-state index in [0.29, 0.717) is 19.4 Å². The summed E-state index contributed by atoms with van der Waals surface area (Å²) >= 11 is 0. The zero-order valence-corrected chi connectivity index (χ0v) is 13.1. The van der Waals surface area contributed by atoms with E-state index in [2.05, 4.69) is 5.10 Å². The first-order valence-electron chi connectivity index (χ1n) is 6.98. The number of hydrazone groups is 1. The van der Waals surface area contributed by atoms with Crippen molar-refractivity contribution in [1.82, 2.24) is 5.01 Å². The Bertz CT molecular complexity index is 534. The van der Waals surface area contributed by atoms with Crippen LogP contribution in [0.5, 0.6) is 0 Å². The van der Waals surface area contributed by atoms with Crippen molar-refractivity contribution < 1.29 is 13.2 Å². The second-order valence-corrected chi connectivity index (χ2v) is 8.83. The lowest BCUT2D eigenvalue weighted by molar-refractivity contribution is -0.133. The van der Waals surface area contributed by atoms with Crippen LogP contribution in [0, 0.1) is 11.3 Å². The Morgan fingerprint density at radius 2 is 2.05 bits per heavy atom. The van der Waals surface area contributed by atoms with Gasteiger partial charge >= 0.3 is 0 Å². The van der Waals surface area contributed by atoms with Crippen LogP contribution in [0.2, 0.25) is 0 Å². The van der Waals surface area contributed by atoms with Gasteiger partial charge in [0.15, 0.2) is 9.84 Å². The van der Waals surface area contributed by atoms with Crippen molar-refractivity contribution in [2.24, 2.45) is 22.2 Å². The number of carbonyl (C=O) groups is 1. The van der Waals surface area contributed by atoms with Crippen molar-refractivity contribution in [3.05, 3.63) is 0 Å². The summed E-state index contributed by atoms with van der Waals surface area (Å²) in [5.41, 5.74) is 6.19. The number of hydrogen-bond donors (Lipinski definition) is 1. The van der Waals surface area contributed by atoms with Crippen LogP contribution in [-0.4, -0.2) is 49.1 Å². The molecule has 0 aromatic heterocycles. The fourth-order valence-electron chi connectivity index (χ4n) is 2.84. The molecule has 1 saturated heterocycles. The Hall–Kier alpha value is -0.950. The molecule has 7 heteroatoms. The highest BCUT2D eigenvalue weighted by molar-refractivity contribution is 7.91. The topological polar surface area (TPSA) is 92.8 Å². The van der Waals surface area contributed by atoms with Crippen LogP contribution in [0.15, 0.2) is 5.10 Å². The quantitative estimate of drug-likeness (QED) is 0.815. The van der Waals surface area contributed by atoms with E-state index in [9.17, 15) is 13.2 Å². The summed E-state index contributed by atoms with van der Waals surface area (Å²) in [6.07, 6.45) is 1.04. The second kappa shape index (κ2) is 5.11. The molecule has 0 bridgehead atoms. The summed E-state index contributed by atoms with van der Waals surface area (Å²) < 4.78 is 23.2. The van der Waals surface area contributed by atoms with Gasteiger partial charge < -0.3 is 5.73 Å². The van der Waals surface area contributed by atoms with E-state index in [-0.39, 0.29) is 34.8 Å². The SMILES string of the molecule is CC(C)(C)C1=NN(C2CCS(=O)(=O)C2)C(=O)C1CCN. The molecular formula is C13H23N3O3S. The van der Waals surface area contributed by atoms with Gasteiger partial charge in [0.05, 0.1) is 29.2 Å². The molecule has 2 unspecified atom stereocenters. The lowest BCUT2D eigenvalue weighted by atomic mass is 9.81. The number of carbonyl (C=O) groups excluding carboxylic acids is 1. The molecule has 0 spiro atoms. The van der Waals surface area contributed by atoms with Gasteiger partial charge in [-0.3, -0.25) is 4.79 Å². The Morgan fingerprint density at radius 3 is 2.50 bits per heavy atom. The Morgan fingerprint density at radius 1 is 1.40 bits per heavy atom. The lowest BCUT2D eigenvalue weighted by Gasteiger charge is -2.22. The molecule has 2 rings (SSSR count). The number of rotatable bonds is 3. The maximum Gasteiger partial charge on any atom is 0.251 e. The van der Waals surface area contributed by atoms with Gasteiger partial charge in [0.1, 0.15) is 0 Å². The summed E-state index contributed by atoms with van der Waals surface area (Å²) in [6.45, 7) is 6.45. The van der Waals surface area contributed by atoms with Gasteiger partial charge in [0, 0.05) is 5.41 Å². The molecule has 6 nitrogen and oxygen atoms in total. The van der Waals surface area contributed by atoms with E-state index in [1.54, 1.807) is 0 Å². The third kappa shape index (κ3) is 2.88. The lowest BCUT2D eigenvalue weighted by Crippen LogP contribution is -2.38. The molecule has 0 aliphatic carbocycles. The standard InChI is InChI=1S/C13H23N3O3S/c1-13(2,3)11-10(4-6-14)12(17)16(15-11)9-5-7-20(18,19)8-9/h9-10H,4-8,14H2,1-3H3. The molecule has 20 heavy (non-hydrogen) atoms. The van der Waals surface area contributed by atoms with Crippen LogP contribution in [0.25, 0.3) is 0 Å². The van der Waals surface area contributed by atoms with Gasteiger partial charge in [-0.1, -0.05) is 20.8 Å². The van der Waals surface area contributed by atoms with Crippen molar-refractivity contribution >= 4 is 21.5 Å². The van der Waals surface area contributed by atoms with Gasteiger partial charge in [0.25, 0.3) is 5.91 Å². The number of amides is 1. The first-order chi connectivity index (χ1) is 9.15. The number of sulfone groups is 1. The van der Waals surface area contributed by atoms with Crippen LogP contribution >= 0.6 is 0 Å². The summed E-state index contributed by atoms with van der Waals surface area (Å²) in [7, 11) is -3.03. The van der Waals surface area contributed by atoms with Crippen molar-refractivity contribution in [2.75, 3.05) is 18.1 Å². The number of hydrogen-bond acceptors (Lipinski definition) is 5. The fraction of sp³-hybridized carbons (Fsp3) is 0.846. The second-order valence-electron chi connectivity index (χ2n) is 6.60. The third-order valence-electron chi connectivity index (χ3n) is 3.85. The first kappa shape index (κ1) is 15.4. The average Bonchev–Trinajstić information content (AvgIpc) is 2.81. The largest absolute Gasteiger partial charge is 0.330 e. The van der Waals surface area contributed by atoms with Gasteiger partial charge in [-0.15, -0.1) is 0 Å². The van der Waals surface area contributed by atoms with E-state index in [1.165, 1.54) is 5.01 Å². The molecule has 1 fully saturated rings. The van der Waals surface area contributed by atoms with Crippen LogP contribution in [0.3, 0.4) is 0 Å².